The monoisotopic (exact) mass is 358 g/mol. The minimum Gasteiger partial charge on any atom is -0.446 e. The van der Waals surface area contributed by atoms with Gasteiger partial charge in [0.25, 0.3) is 0 Å². The lowest BCUT2D eigenvalue weighted by atomic mass is 9.90. The number of benzene rings is 3. The molecule has 0 aliphatic heterocycles. The average molecular weight is 358 g/mol. The first kappa shape index (κ1) is 18.3. The molecule has 0 saturated heterocycles. The van der Waals surface area contributed by atoms with E-state index in [0.717, 1.165) is 11.3 Å². The summed E-state index contributed by atoms with van der Waals surface area (Å²) in [6.45, 7) is 4.08. The highest BCUT2D eigenvalue weighted by Gasteiger charge is 2.30. The molecule has 136 valence electrons. The molecule has 3 rings (SSSR count). The summed E-state index contributed by atoms with van der Waals surface area (Å²) in [5, 5.41) is 6.19. The van der Waals surface area contributed by atoms with Gasteiger partial charge in [0.05, 0.1) is 0 Å². The molecule has 3 aromatic rings. The second kappa shape index (κ2) is 8.72. The molecule has 4 nitrogen and oxygen atoms in total. The fourth-order valence-electron chi connectivity index (χ4n) is 2.79. The molecule has 0 aromatic heterocycles. The first-order valence-electron chi connectivity index (χ1n) is 8.73. The Labute approximate surface area is 159 Å². The number of nitrogens with one attached hydrogen (secondary N) is 2. The third-order valence-electron chi connectivity index (χ3n) is 4.23. The van der Waals surface area contributed by atoms with E-state index in [0.29, 0.717) is 5.69 Å². The number of anilines is 2. The molecule has 0 spiro atoms. The molecule has 2 N–H and O–H groups in total. The van der Waals surface area contributed by atoms with Crippen LogP contribution in [0.15, 0.2) is 104 Å². The van der Waals surface area contributed by atoms with Gasteiger partial charge in [-0.3, -0.25) is 5.32 Å². The van der Waals surface area contributed by atoms with Gasteiger partial charge >= 0.3 is 6.09 Å². The average Bonchev–Trinajstić information content (AvgIpc) is 2.73. The van der Waals surface area contributed by atoms with Crippen LogP contribution in [0.4, 0.5) is 16.2 Å². The van der Waals surface area contributed by atoms with Crippen LogP contribution in [0.2, 0.25) is 0 Å². The summed E-state index contributed by atoms with van der Waals surface area (Å²) in [5.74, 6) is 0. The molecule has 0 aliphatic carbocycles. The van der Waals surface area contributed by atoms with Crippen LogP contribution in [0, 0.1) is 0 Å². The highest BCUT2D eigenvalue weighted by molar-refractivity contribution is 5.84. The minimum absolute atomic E-state index is 0.0913. The van der Waals surface area contributed by atoms with Gasteiger partial charge in [0, 0.05) is 11.4 Å². The van der Waals surface area contributed by atoms with E-state index in [2.05, 4.69) is 17.2 Å². The van der Waals surface area contributed by atoms with Crippen LogP contribution >= 0.6 is 0 Å². The van der Waals surface area contributed by atoms with Crippen molar-refractivity contribution in [1.29, 1.82) is 0 Å². The molecule has 1 atom stereocenters. The topological polar surface area (TPSA) is 50.4 Å². The van der Waals surface area contributed by atoms with E-state index in [4.69, 9.17) is 4.74 Å². The van der Waals surface area contributed by atoms with Gasteiger partial charge < -0.3 is 10.1 Å². The lowest BCUT2D eigenvalue weighted by Gasteiger charge is -2.33. The van der Waals surface area contributed by atoms with Gasteiger partial charge in [0.15, 0.2) is 0 Å². The predicted molar refractivity (Wildman–Crippen MR) is 110 cm³/mol. The zero-order valence-corrected chi connectivity index (χ0v) is 15.0. The quantitative estimate of drug-likeness (QED) is 0.554. The minimum atomic E-state index is -0.753. The van der Waals surface area contributed by atoms with Gasteiger partial charge in [-0.05, 0) is 29.8 Å². The number of carbonyl (C=O) groups excluding carboxylic acids is 1. The van der Waals surface area contributed by atoms with Gasteiger partial charge in [-0.25, -0.2) is 4.79 Å². The maximum absolute atomic E-state index is 12.3. The van der Waals surface area contributed by atoms with Gasteiger partial charge in [-0.1, -0.05) is 72.8 Å². The van der Waals surface area contributed by atoms with Crippen LogP contribution in [0.25, 0.3) is 0 Å². The van der Waals surface area contributed by atoms with Crippen LogP contribution < -0.4 is 10.6 Å². The van der Waals surface area contributed by atoms with Crippen molar-refractivity contribution >= 4 is 17.5 Å². The molecule has 0 saturated carbocycles. The van der Waals surface area contributed by atoms with Crippen LogP contribution in [0.3, 0.4) is 0 Å². The number of para-hydroxylation sites is 2. The highest BCUT2D eigenvalue weighted by Crippen LogP contribution is 2.28. The Bertz CT molecular complexity index is 867. The smallest absolute Gasteiger partial charge is 0.411 e. The van der Waals surface area contributed by atoms with E-state index >= 15 is 0 Å². The molecule has 0 heterocycles. The molecule has 4 heteroatoms. The van der Waals surface area contributed by atoms with Crippen molar-refractivity contribution in [3.05, 3.63) is 109 Å². The Kier molecular flexibility index (Phi) is 5.90. The van der Waals surface area contributed by atoms with Gasteiger partial charge in [-0.15, -0.1) is 6.58 Å². The van der Waals surface area contributed by atoms with Gasteiger partial charge in [-0.2, -0.15) is 0 Å². The highest BCUT2D eigenvalue weighted by atomic mass is 16.5. The summed E-state index contributed by atoms with van der Waals surface area (Å²) in [6.07, 6.45) is 1.25. The molecule has 0 bridgehead atoms. The van der Waals surface area contributed by atoms with Crippen LogP contribution in [0.1, 0.15) is 5.56 Å². The van der Waals surface area contributed by atoms with Crippen molar-refractivity contribution in [3.8, 4) is 0 Å². The Morgan fingerprint density at radius 2 is 1.37 bits per heavy atom. The van der Waals surface area contributed by atoms with Crippen molar-refractivity contribution < 1.29 is 9.53 Å². The van der Waals surface area contributed by atoms with Gasteiger partial charge in [0.1, 0.15) is 12.1 Å². The lowest BCUT2D eigenvalue weighted by molar-refractivity contribution is 0.145. The van der Waals surface area contributed by atoms with E-state index in [1.165, 1.54) is 0 Å². The first-order chi connectivity index (χ1) is 13.2. The van der Waals surface area contributed by atoms with E-state index in [1.807, 2.05) is 78.9 Å². The number of carbonyl (C=O) groups is 1. The molecule has 1 amide bonds. The van der Waals surface area contributed by atoms with E-state index < -0.39 is 11.6 Å². The van der Waals surface area contributed by atoms with Crippen molar-refractivity contribution in [2.45, 2.75) is 5.54 Å². The van der Waals surface area contributed by atoms with Crippen LogP contribution in [0.5, 0.6) is 0 Å². The maximum atomic E-state index is 12.3. The maximum Gasteiger partial charge on any atom is 0.411 e. The summed E-state index contributed by atoms with van der Waals surface area (Å²) >= 11 is 0. The number of rotatable bonds is 7. The fourth-order valence-corrected chi connectivity index (χ4v) is 2.79. The standard InChI is InChI=1S/C23H22N2O2/c1-2-23(19-12-6-3-7-13-19,25-21-16-10-5-11-17-21)18-27-22(26)24-20-14-8-4-9-15-20/h2-17,25H,1,18H2,(H,24,26)/t23-/m1/s1. The Morgan fingerprint density at radius 3 is 1.93 bits per heavy atom. The van der Waals surface area contributed by atoms with Gasteiger partial charge in [0.2, 0.25) is 0 Å². The third kappa shape index (κ3) is 4.76. The molecule has 3 aromatic carbocycles. The molecule has 0 radical (unpaired) electrons. The summed E-state index contributed by atoms with van der Waals surface area (Å²) in [6, 6.07) is 28.8. The Hall–Kier alpha value is -3.53. The van der Waals surface area contributed by atoms with Crippen molar-refractivity contribution in [2.24, 2.45) is 0 Å². The number of hydrogen-bond acceptors (Lipinski definition) is 3. The van der Waals surface area contributed by atoms with Crippen molar-refractivity contribution in [3.63, 3.8) is 0 Å². The van der Waals surface area contributed by atoms with Crippen LogP contribution in [-0.4, -0.2) is 12.7 Å². The molecular formula is C23H22N2O2. The number of ether oxygens (including phenoxy) is 1. The van der Waals surface area contributed by atoms with Crippen molar-refractivity contribution in [2.75, 3.05) is 17.2 Å². The van der Waals surface area contributed by atoms with Crippen LogP contribution in [-0.2, 0) is 10.3 Å². The molecular weight excluding hydrogens is 336 g/mol. The zero-order chi connectivity index (χ0) is 19.0. The SMILES string of the molecule is C=C[C@](COC(=O)Nc1ccccc1)(Nc1ccccc1)c1ccccc1. The third-order valence-corrected chi connectivity index (χ3v) is 4.23. The summed E-state index contributed by atoms with van der Waals surface area (Å²) in [7, 11) is 0. The number of hydrogen-bond donors (Lipinski definition) is 2. The van der Waals surface area contributed by atoms with E-state index in [9.17, 15) is 4.79 Å². The summed E-state index contributed by atoms with van der Waals surface area (Å²) in [5.41, 5.74) is 1.79. The molecule has 0 unspecified atom stereocenters. The summed E-state index contributed by atoms with van der Waals surface area (Å²) in [4.78, 5) is 12.3. The van der Waals surface area contributed by atoms with Crippen molar-refractivity contribution in [1.82, 2.24) is 0 Å². The second-order valence-corrected chi connectivity index (χ2v) is 6.10. The zero-order valence-electron chi connectivity index (χ0n) is 15.0. The summed E-state index contributed by atoms with van der Waals surface area (Å²) < 4.78 is 5.55. The Morgan fingerprint density at radius 1 is 0.852 bits per heavy atom. The van der Waals surface area contributed by atoms with E-state index in [1.54, 1.807) is 18.2 Å². The Balaban J connectivity index is 1.79. The van der Waals surface area contributed by atoms with E-state index in [-0.39, 0.29) is 6.61 Å². The number of amides is 1. The normalized spacial score (nSPS) is 12.4. The second-order valence-electron chi connectivity index (χ2n) is 6.10. The lowest BCUT2D eigenvalue weighted by Crippen LogP contribution is -2.39. The fraction of sp³-hybridized carbons (Fsp3) is 0.0870. The molecule has 27 heavy (non-hydrogen) atoms. The predicted octanol–water partition coefficient (Wildman–Crippen LogP) is 5.43. The first-order valence-corrected chi connectivity index (χ1v) is 8.73. The molecule has 0 aliphatic rings. The molecule has 0 fully saturated rings. The largest absolute Gasteiger partial charge is 0.446 e.